The van der Waals surface area contributed by atoms with E-state index in [-0.39, 0.29) is 22.6 Å². The van der Waals surface area contributed by atoms with Gasteiger partial charge in [0.1, 0.15) is 5.75 Å². The van der Waals surface area contributed by atoms with Crippen molar-refractivity contribution < 1.29 is 22.7 Å². The van der Waals surface area contributed by atoms with Crippen LogP contribution in [0.1, 0.15) is 5.69 Å². The lowest BCUT2D eigenvalue weighted by atomic mass is 10.2. The van der Waals surface area contributed by atoms with Gasteiger partial charge in [0, 0.05) is 16.4 Å². The van der Waals surface area contributed by atoms with Crippen LogP contribution in [0.4, 0.5) is 18.9 Å². The normalized spacial score (nSPS) is 11.2. The van der Waals surface area contributed by atoms with E-state index < -0.39 is 6.36 Å². The molecule has 0 bridgehead atoms. The minimum atomic E-state index is -4.76. The zero-order valence-corrected chi connectivity index (χ0v) is 12.0. The lowest BCUT2D eigenvalue weighted by Gasteiger charge is -2.11. The number of hydrogen-bond acceptors (Lipinski definition) is 3. The molecule has 0 spiro atoms. The Bertz CT molecular complexity index is 629. The number of aromatic amines is 1. The second-order valence-electron chi connectivity index (χ2n) is 4.00. The maximum atomic E-state index is 12.1. The molecule has 0 atom stereocenters. The van der Waals surface area contributed by atoms with Gasteiger partial charge >= 0.3 is 6.36 Å². The van der Waals surface area contributed by atoms with E-state index >= 15 is 0 Å². The van der Waals surface area contributed by atoms with Gasteiger partial charge in [-0.15, -0.1) is 13.2 Å². The van der Waals surface area contributed by atoms with Crippen LogP contribution < -0.4 is 10.1 Å². The van der Waals surface area contributed by atoms with Crippen molar-refractivity contribution in [3.8, 4) is 5.75 Å². The highest BCUT2D eigenvalue weighted by Crippen LogP contribution is 2.30. The maximum absolute atomic E-state index is 12.1. The predicted molar refractivity (Wildman–Crippen MR) is 71.7 cm³/mol. The SMILES string of the molecule is O=C(Cc1ccn[nH]1)Nc1ccc(OC(F)(F)F)cc1Br. The van der Waals surface area contributed by atoms with Gasteiger partial charge in [-0.1, -0.05) is 0 Å². The van der Waals surface area contributed by atoms with E-state index in [1.807, 2.05) is 0 Å². The van der Waals surface area contributed by atoms with Gasteiger partial charge in [0.2, 0.25) is 5.91 Å². The van der Waals surface area contributed by atoms with Gasteiger partial charge in [-0.2, -0.15) is 5.10 Å². The van der Waals surface area contributed by atoms with Crippen LogP contribution in [-0.4, -0.2) is 22.5 Å². The van der Waals surface area contributed by atoms with E-state index in [0.29, 0.717) is 11.4 Å². The largest absolute Gasteiger partial charge is 0.573 e. The summed E-state index contributed by atoms with van der Waals surface area (Å²) in [6.07, 6.45) is -3.17. The molecule has 1 aromatic carbocycles. The molecule has 2 N–H and O–H groups in total. The number of alkyl halides is 3. The first kappa shape index (κ1) is 15.4. The van der Waals surface area contributed by atoms with Crippen LogP contribution in [-0.2, 0) is 11.2 Å². The predicted octanol–water partition coefficient (Wildman–Crippen LogP) is 3.25. The van der Waals surface area contributed by atoms with Crippen LogP contribution >= 0.6 is 15.9 Å². The van der Waals surface area contributed by atoms with E-state index in [1.165, 1.54) is 12.3 Å². The Morgan fingerprint density at radius 1 is 1.38 bits per heavy atom. The van der Waals surface area contributed by atoms with E-state index in [4.69, 9.17) is 0 Å². The van der Waals surface area contributed by atoms with Crippen molar-refractivity contribution in [2.45, 2.75) is 12.8 Å². The van der Waals surface area contributed by atoms with Crippen molar-refractivity contribution in [2.24, 2.45) is 0 Å². The van der Waals surface area contributed by atoms with Gasteiger partial charge < -0.3 is 10.1 Å². The molecular formula is C12H9BrF3N3O2. The molecule has 21 heavy (non-hydrogen) atoms. The fourth-order valence-electron chi connectivity index (χ4n) is 1.54. The number of amides is 1. The number of carbonyl (C=O) groups is 1. The van der Waals surface area contributed by atoms with Gasteiger partial charge in [0.15, 0.2) is 0 Å². The summed E-state index contributed by atoms with van der Waals surface area (Å²) in [6.45, 7) is 0. The molecule has 0 aliphatic rings. The van der Waals surface area contributed by atoms with Crippen LogP contribution in [0.2, 0.25) is 0 Å². The Kier molecular flexibility index (Phi) is 4.51. The van der Waals surface area contributed by atoms with Crippen LogP contribution in [0.25, 0.3) is 0 Å². The Morgan fingerprint density at radius 2 is 2.14 bits per heavy atom. The van der Waals surface area contributed by atoms with Crippen molar-refractivity contribution in [2.75, 3.05) is 5.32 Å². The van der Waals surface area contributed by atoms with Crippen LogP contribution in [0, 0.1) is 0 Å². The monoisotopic (exact) mass is 363 g/mol. The van der Waals surface area contributed by atoms with E-state index in [0.717, 1.165) is 12.1 Å². The molecule has 0 saturated carbocycles. The van der Waals surface area contributed by atoms with Gasteiger partial charge in [0.25, 0.3) is 0 Å². The number of halogens is 4. The first-order chi connectivity index (χ1) is 9.83. The number of H-pyrrole nitrogens is 1. The average molecular weight is 364 g/mol. The lowest BCUT2D eigenvalue weighted by Crippen LogP contribution is -2.17. The van der Waals surface area contributed by atoms with E-state index in [1.54, 1.807) is 6.07 Å². The number of carbonyl (C=O) groups excluding carboxylic acids is 1. The van der Waals surface area contributed by atoms with E-state index in [2.05, 4.69) is 36.2 Å². The summed E-state index contributed by atoms with van der Waals surface area (Å²) < 4.78 is 40.3. The molecule has 0 unspecified atom stereocenters. The highest BCUT2D eigenvalue weighted by molar-refractivity contribution is 9.10. The minimum Gasteiger partial charge on any atom is -0.406 e. The zero-order valence-electron chi connectivity index (χ0n) is 10.4. The summed E-state index contributed by atoms with van der Waals surface area (Å²) in [7, 11) is 0. The van der Waals surface area contributed by atoms with Gasteiger partial charge in [0.05, 0.1) is 12.1 Å². The molecule has 1 amide bonds. The third kappa shape index (κ3) is 4.78. The number of anilines is 1. The zero-order chi connectivity index (χ0) is 15.5. The Morgan fingerprint density at radius 3 is 2.71 bits per heavy atom. The Hall–Kier alpha value is -2.03. The van der Waals surface area contributed by atoms with Gasteiger partial charge in [-0.25, -0.2) is 0 Å². The molecule has 1 aromatic heterocycles. The molecule has 112 valence electrons. The topological polar surface area (TPSA) is 67.0 Å². The first-order valence-electron chi connectivity index (χ1n) is 5.67. The number of rotatable bonds is 4. The fourth-order valence-corrected chi connectivity index (χ4v) is 2.00. The van der Waals surface area contributed by atoms with Crippen LogP contribution in [0.15, 0.2) is 34.9 Å². The summed E-state index contributed by atoms with van der Waals surface area (Å²) in [5, 5.41) is 8.91. The van der Waals surface area contributed by atoms with E-state index in [9.17, 15) is 18.0 Å². The number of aromatic nitrogens is 2. The summed E-state index contributed by atoms with van der Waals surface area (Å²) in [6, 6.07) is 5.20. The molecule has 0 fully saturated rings. The Labute approximate surface area is 125 Å². The number of ether oxygens (including phenoxy) is 1. The van der Waals surface area contributed by atoms with Gasteiger partial charge in [-0.3, -0.25) is 9.89 Å². The Balaban J connectivity index is 2.02. The maximum Gasteiger partial charge on any atom is 0.573 e. The summed E-state index contributed by atoms with van der Waals surface area (Å²) in [5.74, 6) is -0.703. The van der Waals surface area contributed by atoms with Crippen molar-refractivity contribution >= 4 is 27.5 Å². The molecule has 0 saturated heterocycles. The van der Waals surface area contributed by atoms with Crippen molar-refractivity contribution in [1.29, 1.82) is 0 Å². The summed E-state index contributed by atoms with van der Waals surface area (Å²) in [5.41, 5.74) is 0.967. The lowest BCUT2D eigenvalue weighted by molar-refractivity contribution is -0.274. The molecular weight excluding hydrogens is 355 g/mol. The second-order valence-corrected chi connectivity index (χ2v) is 4.85. The van der Waals surface area contributed by atoms with Crippen molar-refractivity contribution in [1.82, 2.24) is 10.2 Å². The fraction of sp³-hybridized carbons (Fsp3) is 0.167. The summed E-state index contributed by atoms with van der Waals surface area (Å²) >= 11 is 3.08. The highest BCUT2D eigenvalue weighted by atomic mass is 79.9. The number of nitrogens with zero attached hydrogens (tertiary/aromatic N) is 1. The molecule has 0 aliphatic carbocycles. The second kappa shape index (κ2) is 6.17. The molecule has 1 heterocycles. The highest BCUT2D eigenvalue weighted by Gasteiger charge is 2.31. The van der Waals surface area contributed by atoms with Gasteiger partial charge in [-0.05, 0) is 40.2 Å². The standard InChI is InChI=1S/C12H9BrF3N3O2/c13-9-6-8(21-12(14,15)16)1-2-10(9)18-11(20)5-7-3-4-17-19-7/h1-4,6H,5H2,(H,17,19)(H,18,20). The third-order valence-corrected chi connectivity index (χ3v) is 3.01. The molecule has 2 aromatic rings. The first-order valence-corrected chi connectivity index (χ1v) is 6.46. The quantitative estimate of drug-likeness (QED) is 0.875. The van der Waals surface area contributed by atoms with Crippen molar-refractivity contribution in [3.63, 3.8) is 0 Å². The number of nitrogens with one attached hydrogen (secondary N) is 2. The molecule has 0 aliphatic heterocycles. The van der Waals surface area contributed by atoms with Crippen molar-refractivity contribution in [3.05, 3.63) is 40.6 Å². The minimum absolute atomic E-state index is 0.0766. The average Bonchev–Trinajstić information content (AvgIpc) is 2.83. The molecule has 9 heteroatoms. The smallest absolute Gasteiger partial charge is 0.406 e. The molecule has 0 radical (unpaired) electrons. The molecule has 2 rings (SSSR count). The van der Waals surface area contributed by atoms with Crippen LogP contribution in [0.5, 0.6) is 5.75 Å². The number of benzene rings is 1. The molecule has 5 nitrogen and oxygen atoms in total. The summed E-state index contributed by atoms with van der Waals surface area (Å²) in [4.78, 5) is 11.8. The van der Waals surface area contributed by atoms with Crippen LogP contribution in [0.3, 0.4) is 0 Å². The number of hydrogen-bond donors (Lipinski definition) is 2. The third-order valence-electron chi connectivity index (χ3n) is 2.36.